The summed E-state index contributed by atoms with van der Waals surface area (Å²) < 4.78 is 27.6. The Labute approximate surface area is 212 Å². The van der Waals surface area contributed by atoms with Crippen molar-refractivity contribution in [3.63, 3.8) is 0 Å². The summed E-state index contributed by atoms with van der Waals surface area (Å²) >= 11 is 0. The molecule has 5 nitrogen and oxygen atoms in total. The first-order valence-electron chi connectivity index (χ1n) is 13.8. The molecule has 3 aliphatic carbocycles. The number of nitrogens with one attached hydrogen (secondary N) is 2. The van der Waals surface area contributed by atoms with E-state index in [1.54, 1.807) is 4.90 Å². The van der Waals surface area contributed by atoms with Gasteiger partial charge in [-0.05, 0) is 80.9 Å². The molecule has 36 heavy (non-hydrogen) atoms. The van der Waals surface area contributed by atoms with Crippen molar-refractivity contribution in [2.24, 2.45) is 11.3 Å². The monoisotopic (exact) mass is 497 g/mol. The largest absolute Gasteiger partial charge is 0.329 e. The second kappa shape index (κ2) is 8.93. The predicted octanol–water partition coefficient (Wildman–Crippen LogP) is 5.09. The van der Waals surface area contributed by atoms with Crippen LogP contribution < -0.4 is 10.6 Å². The molecule has 1 unspecified atom stereocenters. The molecule has 1 spiro atoms. The van der Waals surface area contributed by atoms with Gasteiger partial charge in [0.2, 0.25) is 5.91 Å². The summed E-state index contributed by atoms with van der Waals surface area (Å²) in [6.07, 6.45) is 10.1. The summed E-state index contributed by atoms with van der Waals surface area (Å²) in [5, 5.41) is 6.68. The van der Waals surface area contributed by atoms with Crippen molar-refractivity contribution in [3.05, 3.63) is 47.2 Å². The summed E-state index contributed by atoms with van der Waals surface area (Å²) in [6, 6.07) is 6.51. The SMILES string of the molecule is C=C1CCC(N2Cc3cc(C[C@H]4CCCC[C@@H]4NC4CCC5(CC4)CC5(F)F)ccc3C2=O)C(=O)N1. The van der Waals surface area contributed by atoms with E-state index in [9.17, 15) is 18.4 Å². The highest BCUT2D eigenvalue weighted by atomic mass is 19.3. The highest BCUT2D eigenvalue weighted by molar-refractivity contribution is 6.01. The van der Waals surface area contributed by atoms with Crippen molar-refractivity contribution in [3.8, 4) is 0 Å². The van der Waals surface area contributed by atoms with Crippen molar-refractivity contribution >= 4 is 11.8 Å². The van der Waals surface area contributed by atoms with Gasteiger partial charge in [-0.3, -0.25) is 9.59 Å². The van der Waals surface area contributed by atoms with E-state index < -0.39 is 17.4 Å². The molecule has 5 aliphatic rings. The maximum absolute atomic E-state index is 13.8. The Morgan fingerprint density at radius 2 is 1.83 bits per heavy atom. The number of alkyl halides is 2. The van der Waals surface area contributed by atoms with Crippen LogP contribution in [-0.4, -0.2) is 40.8 Å². The summed E-state index contributed by atoms with van der Waals surface area (Å²) in [5.41, 5.74) is 3.00. The number of fused-ring (bicyclic) bond motifs is 1. The van der Waals surface area contributed by atoms with Gasteiger partial charge < -0.3 is 15.5 Å². The number of carbonyl (C=O) groups excluding carboxylic acids is 2. The quantitative estimate of drug-likeness (QED) is 0.596. The molecule has 2 amide bonds. The Morgan fingerprint density at radius 1 is 1.08 bits per heavy atom. The van der Waals surface area contributed by atoms with E-state index >= 15 is 0 Å². The Morgan fingerprint density at radius 3 is 2.56 bits per heavy atom. The number of halogens is 2. The minimum atomic E-state index is -2.43. The maximum atomic E-state index is 13.8. The highest BCUT2D eigenvalue weighted by Gasteiger charge is 2.70. The van der Waals surface area contributed by atoms with Gasteiger partial charge in [-0.15, -0.1) is 0 Å². The highest BCUT2D eigenvalue weighted by Crippen LogP contribution is 2.67. The molecular formula is C29H37F2N3O2. The molecule has 0 bridgehead atoms. The first-order chi connectivity index (χ1) is 17.2. The van der Waals surface area contributed by atoms with Crippen molar-refractivity contribution in [1.82, 2.24) is 15.5 Å². The van der Waals surface area contributed by atoms with Crippen LogP contribution in [0.1, 0.15) is 92.1 Å². The van der Waals surface area contributed by atoms with Gasteiger partial charge in [0.25, 0.3) is 11.8 Å². The fourth-order valence-corrected chi connectivity index (χ4v) is 7.37. The molecule has 0 radical (unpaired) electrons. The van der Waals surface area contributed by atoms with Crippen LogP contribution in [-0.2, 0) is 17.8 Å². The van der Waals surface area contributed by atoms with Gasteiger partial charge in [0.1, 0.15) is 6.04 Å². The fourth-order valence-electron chi connectivity index (χ4n) is 7.37. The van der Waals surface area contributed by atoms with Gasteiger partial charge in [0.05, 0.1) is 0 Å². The summed E-state index contributed by atoms with van der Waals surface area (Å²) in [7, 11) is 0. The van der Waals surface area contributed by atoms with E-state index in [1.807, 2.05) is 6.07 Å². The number of benzene rings is 1. The van der Waals surface area contributed by atoms with Crippen LogP contribution in [0.4, 0.5) is 8.78 Å². The number of nitrogens with zero attached hydrogens (tertiary/aromatic N) is 1. The topological polar surface area (TPSA) is 61.4 Å². The molecule has 1 saturated heterocycles. The van der Waals surface area contributed by atoms with Crippen molar-refractivity contribution in [1.29, 1.82) is 0 Å². The first-order valence-corrected chi connectivity index (χ1v) is 13.8. The molecule has 2 N–H and O–H groups in total. The van der Waals surface area contributed by atoms with Gasteiger partial charge in [-0.1, -0.05) is 31.6 Å². The zero-order valence-electron chi connectivity index (χ0n) is 21.0. The molecule has 3 saturated carbocycles. The third-order valence-corrected chi connectivity index (χ3v) is 9.71. The van der Waals surface area contributed by atoms with E-state index in [4.69, 9.17) is 0 Å². The lowest BCUT2D eigenvalue weighted by Crippen LogP contribution is -2.49. The van der Waals surface area contributed by atoms with E-state index in [0.29, 0.717) is 55.8 Å². The molecule has 2 aliphatic heterocycles. The van der Waals surface area contributed by atoms with E-state index in [0.717, 1.165) is 36.9 Å². The van der Waals surface area contributed by atoms with Crippen LogP contribution in [0.3, 0.4) is 0 Å². The standard InChI is InChI=1S/C29H37F2N3O2/c1-18-6-9-25(26(35)32-18)34-16-21-15-19(7-8-23(21)27(34)36)14-20-4-2-3-5-24(20)33-22-10-12-28(13-11-22)17-29(28,30)31/h7-8,15,20,22,24-25,33H,1-6,9-14,16-17H2,(H,32,35)/t20-,22?,24+,25?,28?/m1/s1. The van der Waals surface area contributed by atoms with Crippen LogP contribution >= 0.6 is 0 Å². The Hall–Kier alpha value is -2.28. The molecule has 1 aromatic carbocycles. The predicted molar refractivity (Wildman–Crippen MR) is 133 cm³/mol. The lowest BCUT2D eigenvalue weighted by Gasteiger charge is -2.38. The van der Waals surface area contributed by atoms with E-state index in [-0.39, 0.29) is 18.2 Å². The van der Waals surface area contributed by atoms with Crippen LogP contribution in [0, 0.1) is 11.3 Å². The zero-order valence-corrected chi connectivity index (χ0v) is 21.0. The van der Waals surface area contributed by atoms with Crippen LogP contribution in [0.5, 0.6) is 0 Å². The van der Waals surface area contributed by atoms with Gasteiger partial charge in [0.15, 0.2) is 0 Å². The van der Waals surface area contributed by atoms with Crippen LogP contribution in [0.15, 0.2) is 30.5 Å². The number of carbonyl (C=O) groups is 2. The molecule has 2 heterocycles. The number of amides is 2. The number of allylic oxidation sites excluding steroid dienone is 1. The molecule has 3 atom stereocenters. The smallest absolute Gasteiger partial charge is 0.255 e. The lowest BCUT2D eigenvalue weighted by atomic mass is 9.78. The molecule has 1 aromatic rings. The molecular weight excluding hydrogens is 460 g/mol. The molecule has 4 fully saturated rings. The average Bonchev–Trinajstić information content (AvgIpc) is 3.22. The zero-order chi connectivity index (χ0) is 25.1. The molecule has 194 valence electrons. The van der Waals surface area contributed by atoms with E-state index in [2.05, 4.69) is 29.3 Å². The third kappa shape index (κ3) is 4.27. The number of hydrogen-bond donors (Lipinski definition) is 2. The Balaban J connectivity index is 1.09. The minimum Gasteiger partial charge on any atom is -0.329 e. The average molecular weight is 498 g/mol. The fraction of sp³-hybridized carbons (Fsp3) is 0.655. The van der Waals surface area contributed by atoms with Crippen LogP contribution in [0.25, 0.3) is 0 Å². The van der Waals surface area contributed by atoms with Crippen LogP contribution in [0.2, 0.25) is 0 Å². The minimum absolute atomic E-state index is 0.0577. The second-order valence-corrected chi connectivity index (χ2v) is 12.0. The third-order valence-electron chi connectivity index (χ3n) is 9.71. The Bertz CT molecular complexity index is 1080. The number of rotatable bonds is 5. The van der Waals surface area contributed by atoms with Crippen molar-refractivity contribution < 1.29 is 18.4 Å². The number of hydrogen-bond acceptors (Lipinski definition) is 3. The van der Waals surface area contributed by atoms with Gasteiger partial charge in [0, 0.05) is 41.7 Å². The van der Waals surface area contributed by atoms with Gasteiger partial charge in [-0.2, -0.15) is 0 Å². The van der Waals surface area contributed by atoms with Gasteiger partial charge in [-0.25, -0.2) is 8.78 Å². The summed E-state index contributed by atoms with van der Waals surface area (Å²) in [6.45, 7) is 4.32. The second-order valence-electron chi connectivity index (χ2n) is 12.0. The lowest BCUT2D eigenvalue weighted by molar-refractivity contribution is -0.126. The normalized spacial score (nSPS) is 35.6. The Kier molecular flexibility index (Phi) is 5.97. The van der Waals surface area contributed by atoms with E-state index in [1.165, 1.54) is 24.8 Å². The molecule has 0 aromatic heterocycles. The summed E-state index contributed by atoms with van der Waals surface area (Å²) in [5.74, 6) is -2.11. The van der Waals surface area contributed by atoms with Crippen molar-refractivity contribution in [2.45, 2.75) is 108 Å². The maximum Gasteiger partial charge on any atom is 0.255 e. The number of piperidine rings is 1. The van der Waals surface area contributed by atoms with Crippen molar-refractivity contribution in [2.75, 3.05) is 0 Å². The van der Waals surface area contributed by atoms with Gasteiger partial charge >= 0.3 is 0 Å². The molecule has 7 heteroatoms. The molecule has 6 rings (SSSR count). The first kappa shape index (κ1) is 24.1. The summed E-state index contributed by atoms with van der Waals surface area (Å²) in [4.78, 5) is 27.2.